The minimum Gasteiger partial charge on any atom is -0.508 e. The molecule has 1 aromatic rings. The zero-order chi connectivity index (χ0) is 10.4. The van der Waals surface area contributed by atoms with Crippen molar-refractivity contribution in [3.8, 4) is 5.75 Å². The smallest absolute Gasteiger partial charge is 0.330 e. The van der Waals surface area contributed by atoms with Gasteiger partial charge in [0.15, 0.2) is 0 Å². The van der Waals surface area contributed by atoms with E-state index in [0.717, 1.165) is 5.56 Å². The van der Waals surface area contributed by atoms with Crippen molar-refractivity contribution in [1.82, 2.24) is 0 Å². The molecule has 14 heavy (non-hydrogen) atoms. The number of benzene rings is 1. The quantitative estimate of drug-likeness (QED) is 0.585. The maximum Gasteiger partial charge on any atom is 0.330 e. The van der Waals surface area contributed by atoms with Crippen molar-refractivity contribution >= 4 is 5.97 Å². The fourth-order valence-electron chi connectivity index (χ4n) is 1.04. The van der Waals surface area contributed by atoms with Crippen LogP contribution in [0.25, 0.3) is 0 Å². The zero-order valence-corrected chi connectivity index (χ0v) is 7.93. The summed E-state index contributed by atoms with van der Waals surface area (Å²) in [5.41, 5.74) is 0.949. The molecule has 0 saturated carbocycles. The van der Waals surface area contributed by atoms with E-state index in [0.29, 0.717) is 6.42 Å². The lowest BCUT2D eigenvalue weighted by atomic mass is 10.1. The molecule has 74 valence electrons. The van der Waals surface area contributed by atoms with Gasteiger partial charge in [-0.1, -0.05) is 18.2 Å². The predicted molar refractivity (Wildman–Crippen MR) is 53.0 cm³/mol. The van der Waals surface area contributed by atoms with Gasteiger partial charge in [-0.15, -0.1) is 0 Å². The van der Waals surface area contributed by atoms with Gasteiger partial charge in [0.05, 0.1) is 7.11 Å². The number of phenolic OH excluding ortho intramolecular Hbond substituents is 1. The van der Waals surface area contributed by atoms with Crippen LogP contribution < -0.4 is 0 Å². The molecule has 0 fully saturated rings. The molecule has 0 spiro atoms. The Morgan fingerprint density at radius 1 is 1.57 bits per heavy atom. The Labute approximate surface area is 82.6 Å². The van der Waals surface area contributed by atoms with Crippen molar-refractivity contribution in [3.63, 3.8) is 0 Å². The summed E-state index contributed by atoms with van der Waals surface area (Å²) in [6.45, 7) is 0. The van der Waals surface area contributed by atoms with Gasteiger partial charge in [0.25, 0.3) is 0 Å². The average Bonchev–Trinajstić information content (AvgIpc) is 2.17. The van der Waals surface area contributed by atoms with Gasteiger partial charge >= 0.3 is 5.97 Å². The highest BCUT2D eigenvalue weighted by Gasteiger charge is 1.93. The Morgan fingerprint density at radius 3 is 3.00 bits per heavy atom. The Balaban J connectivity index is 2.53. The number of rotatable bonds is 3. The van der Waals surface area contributed by atoms with Crippen LogP contribution in [0.3, 0.4) is 0 Å². The second kappa shape index (κ2) is 5.07. The molecule has 3 heteroatoms. The number of carbonyl (C=O) groups is 1. The molecular weight excluding hydrogens is 180 g/mol. The highest BCUT2D eigenvalue weighted by molar-refractivity contribution is 5.81. The standard InChI is InChI=1S/C11H12O3/c1-14-11(13)7-3-5-9-4-2-6-10(12)8-9/h2-4,6-8,12H,5H2,1H3. The summed E-state index contributed by atoms with van der Waals surface area (Å²) in [5, 5.41) is 9.15. The Bertz CT molecular complexity index is 342. The molecule has 0 aliphatic rings. The summed E-state index contributed by atoms with van der Waals surface area (Å²) in [6.07, 6.45) is 3.66. The van der Waals surface area contributed by atoms with Crippen LogP contribution in [0.2, 0.25) is 0 Å². The highest BCUT2D eigenvalue weighted by atomic mass is 16.5. The highest BCUT2D eigenvalue weighted by Crippen LogP contribution is 2.11. The van der Waals surface area contributed by atoms with Crippen molar-refractivity contribution in [2.75, 3.05) is 7.11 Å². The maximum atomic E-state index is 10.7. The van der Waals surface area contributed by atoms with E-state index in [1.54, 1.807) is 24.3 Å². The van der Waals surface area contributed by atoms with Crippen LogP contribution >= 0.6 is 0 Å². The molecule has 0 heterocycles. The first kappa shape index (κ1) is 10.3. The molecule has 3 nitrogen and oxygen atoms in total. The molecule has 1 rings (SSSR count). The summed E-state index contributed by atoms with van der Waals surface area (Å²) >= 11 is 0. The first-order valence-corrected chi connectivity index (χ1v) is 4.25. The SMILES string of the molecule is COC(=O)C=CCc1cccc(O)c1. The van der Waals surface area contributed by atoms with E-state index in [9.17, 15) is 4.79 Å². The largest absolute Gasteiger partial charge is 0.508 e. The number of hydrogen-bond donors (Lipinski definition) is 1. The molecular formula is C11H12O3. The minimum atomic E-state index is -0.370. The average molecular weight is 192 g/mol. The number of methoxy groups -OCH3 is 1. The van der Waals surface area contributed by atoms with Gasteiger partial charge in [0, 0.05) is 6.08 Å². The van der Waals surface area contributed by atoms with Crippen LogP contribution in [0, 0.1) is 0 Å². The Hall–Kier alpha value is -1.77. The van der Waals surface area contributed by atoms with Crippen LogP contribution in [0.4, 0.5) is 0 Å². The number of carbonyl (C=O) groups excluding carboxylic acids is 1. The number of aromatic hydroxyl groups is 1. The van der Waals surface area contributed by atoms with E-state index in [2.05, 4.69) is 4.74 Å². The normalized spacial score (nSPS) is 10.4. The lowest BCUT2D eigenvalue weighted by Gasteiger charge is -1.96. The van der Waals surface area contributed by atoms with E-state index in [1.165, 1.54) is 13.2 Å². The van der Waals surface area contributed by atoms with E-state index < -0.39 is 0 Å². The van der Waals surface area contributed by atoms with Gasteiger partial charge in [-0.25, -0.2) is 4.79 Å². The molecule has 0 aliphatic carbocycles. The van der Waals surface area contributed by atoms with Crippen molar-refractivity contribution in [1.29, 1.82) is 0 Å². The molecule has 0 saturated heterocycles. The van der Waals surface area contributed by atoms with Gasteiger partial charge < -0.3 is 9.84 Å². The summed E-state index contributed by atoms with van der Waals surface area (Å²) in [4.78, 5) is 10.7. The zero-order valence-electron chi connectivity index (χ0n) is 7.93. The number of allylic oxidation sites excluding steroid dienone is 1. The van der Waals surface area contributed by atoms with Crippen molar-refractivity contribution in [2.24, 2.45) is 0 Å². The van der Waals surface area contributed by atoms with Crippen molar-refractivity contribution in [2.45, 2.75) is 6.42 Å². The number of ether oxygens (including phenoxy) is 1. The monoisotopic (exact) mass is 192 g/mol. The minimum absolute atomic E-state index is 0.231. The van der Waals surface area contributed by atoms with Crippen LogP contribution in [-0.4, -0.2) is 18.2 Å². The molecule has 1 N–H and O–H groups in total. The third-order valence-electron chi connectivity index (χ3n) is 1.72. The molecule has 0 bridgehead atoms. The first-order valence-electron chi connectivity index (χ1n) is 4.25. The van der Waals surface area contributed by atoms with Gasteiger partial charge in [-0.05, 0) is 24.1 Å². The van der Waals surface area contributed by atoms with E-state index >= 15 is 0 Å². The number of phenols is 1. The Kier molecular flexibility index (Phi) is 3.73. The van der Waals surface area contributed by atoms with Crippen LogP contribution in [0.5, 0.6) is 5.75 Å². The van der Waals surface area contributed by atoms with Gasteiger partial charge in [0.2, 0.25) is 0 Å². The second-order valence-electron chi connectivity index (χ2n) is 2.80. The van der Waals surface area contributed by atoms with E-state index in [4.69, 9.17) is 5.11 Å². The van der Waals surface area contributed by atoms with Gasteiger partial charge in [-0.3, -0.25) is 0 Å². The second-order valence-corrected chi connectivity index (χ2v) is 2.80. The third-order valence-corrected chi connectivity index (χ3v) is 1.72. The topological polar surface area (TPSA) is 46.5 Å². The first-order chi connectivity index (χ1) is 6.72. The van der Waals surface area contributed by atoms with Crippen LogP contribution in [-0.2, 0) is 16.0 Å². The van der Waals surface area contributed by atoms with Crippen LogP contribution in [0.1, 0.15) is 5.56 Å². The molecule has 0 radical (unpaired) electrons. The summed E-state index contributed by atoms with van der Waals surface area (Å²) in [6, 6.07) is 6.90. The molecule has 0 aromatic heterocycles. The lowest BCUT2D eigenvalue weighted by Crippen LogP contribution is -1.93. The summed E-state index contributed by atoms with van der Waals surface area (Å²) in [7, 11) is 1.33. The molecule has 0 unspecified atom stereocenters. The fourth-order valence-corrected chi connectivity index (χ4v) is 1.04. The molecule has 0 atom stereocenters. The fraction of sp³-hybridized carbons (Fsp3) is 0.182. The van der Waals surface area contributed by atoms with E-state index in [-0.39, 0.29) is 11.7 Å². The summed E-state index contributed by atoms with van der Waals surface area (Å²) in [5.74, 6) is -0.140. The predicted octanol–water partition coefficient (Wildman–Crippen LogP) is 1.66. The molecule has 0 aliphatic heterocycles. The van der Waals surface area contributed by atoms with Crippen LogP contribution in [0.15, 0.2) is 36.4 Å². The van der Waals surface area contributed by atoms with Gasteiger partial charge in [-0.2, -0.15) is 0 Å². The van der Waals surface area contributed by atoms with Crippen molar-refractivity contribution < 1.29 is 14.6 Å². The molecule has 1 aromatic carbocycles. The van der Waals surface area contributed by atoms with E-state index in [1.807, 2.05) is 6.07 Å². The van der Waals surface area contributed by atoms with Gasteiger partial charge in [0.1, 0.15) is 5.75 Å². The summed E-state index contributed by atoms with van der Waals surface area (Å²) < 4.78 is 4.44. The number of hydrogen-bond acceptors (Lipinski definition) is 3. The maximum absolute atomic E-state index is 10.7. The van der Waals surface area contributed by atoms with Crippen molar-refractivity contribution in [3.05, 3.63) is 42.0 Å². The molecule has 0 amide bonds. The third kappa shape index (κ3) is 3.31. The Morgan fingerprint density at radius 2 is 2.36 bits per heavy atom. The number of esters is 1. The lowest BCUT2D eigenvalue weighted by molar-refractivity contribution is -0.134.